The molecule has 0 bridgehead atoms. The van der Waals surface area contributed by atoms with E-state index in [0.29, 0.717) is 11.5 Å². The van der Waals surface area contributed by atoms with E-state index in [4.69, 9.17) is 5.73 Å². The van der Waals surface area contributed by atoms with Crippen molar-refractivity contribution in [2.75, 3.05) is 0 Å². The van der Waals surface area contributed by atoms with Gasteiger partial charge in [-0.3, -0.25) is 4.79 Å². The molecule has 2 aromatic rings. The highest BCUT2D eigenvalue weighted by atomic mass is 16.1. The second-order valence-electron chi connectivity index (χ2n) is 4.33. The third kappa shape index (κ3) is 1.86. The average molecular weight is 216 g/mol. The molecule has 0 saturated carbocycles. The number of nitrogens with one attached hydrogen (secondary N) is 1. The highest BCUT2D eigenvalue weighted by molar-refractivity contribution is 5.79. The molecule has 0 aliphatic rings. The molecule has 16 heavy (non-hydrogen) atoms. The summed E-state index contributed by atoms with van der Waals surface area (Å²) in [4.78, 5) is 14.4. The molecule has 0 aliphatic heterocycles. The number of H-pyrrole nitrogens is 1. The molecule has 3 heteroatoms. The topological polar surface area (TPSA) is 58.9 Å². The van der Waals surface area contributed by atoms with Crippen LogP contribution >= 0.6 is 0 Å². The largest absolute Gasteiger partial charge is 0.326 e. The smallest absolute Gasteiger partial charge is 0.252 e. The Morgan fingerprint density at radius 3 is 2.69 bits per heavy atom. The Labute approximate surface area is 94.3 Å². The molecule has 2 rings (SSSR count). The minimum Gasteiger partial charge on any atom is -0.326 e. The van der Waals surface area contributed by atoms with Crippen LogP contribution < -0.4 is 11.3 Å². The Morgan fingerprint density at radius 2 is 2.06 bits per heavy atom. The van der Waals surface area contributed by atoms with Gasteiger partial charge in [-0.15, -0.1) is 0 Å². The lowest BCUT2D eigenvalue weighted by atomic mass is 10.0. The zero-order valence-electron chi connectivity index (χ0n) is 9.58. The van der Waals surface area contributed by atoms with Gasteiger partial charge >= 0.3 is 0 Å². The van der Waals surface area contributed by atoms with E-state index in [2.05, 4.69) is 24.9 Å². The van der Waals surface area contributed by atoms with Crippen LogP contribution in [-0.4, -0.2) is 4.98 Å². The number of aromatic nitrogens is 1. The molecule has 0 saturated heterocycles. The van der Waals surface area contributed by atoms with Gasteiger partial charge < -0.3 is 10.7 Å². The number of hydrogen-bond donors (Lipinski definition) is 2. The van der Waals surface area contributed by atoms with E-state index >= 15 is 0 Å². The van der Waals surface area contributed by atoms with Gasteiger partial charge in [0.15, 0.2) is 0 Å². The molecule has 0 amide bonds. The molecule has 0 atom stereocenters. The van der Waals surface area contributed by atoms with Crippen molar-refractivity contribution in [2.45, 2.75) is 26.3 Å². The van der Waals surface area contributed by atoms with E-state index in [9.17, 15) is 4.79 Å². The normalized spacial score (nSPS) is 11.2. The number of pyridine rings is 1. The van der Waals surface area contributed by atoms with Gasteiger partial charge in [0.2, 0.25) is 0 Å². The molecular weight excluding hydrogens is 200 g/mol. The quantitative estimate of drug-likeness (QED) is 0.807. The van der Waals surface area contributed by atoms with Gasteiger partial charge in [-0.25, -0.2) is 0 Å². The van der Waals surface area contributed by atoms with Crippen LogP contribution in [0.4, 0.5) is 0 Å². The lowest BCUT2D eigenvalue weighted by Gasteiger charge is -2.07. The minimum absolute atomic E-state index is 0.0905. The summed E-state index contributed by atoms with van der Waals surface area (Å²) in [6.07, 6.45) is 0. The predicted molar refractivity (Wildman–Crippen MR) is 66.5 cm³/mol. The number of nitrogens with two attached hydrogens (primary N) is 1. The van der Waals surface area contributed by atoms with E-state index in [0.717, 1.165) is 10.9 Å². The van der Waals surface area contributed by atoms with Crippen molar-refractivity contribution in [1.82, 2.24) is 4.98 Å². The standard InChI is InChI=1S/C13H16N2O/c1-8(2)9-3-4-12-10(5-9)6-11(7-14)13(16)15-12/h3-6,8H,7,14H2,1-2H3,(H,15,16). The zero-order valence-corrected chi connectivity index (χ0v) is 9.58. The molecule has 0 unspecified atom stereocenters. The van der Waals surface area contributed by atoms with Gasteiger partial charge in [-0.2, -0.15) is 0 Å². The number of fused-ring (bicyclic) bond motifs is 1. The third-order valence-corrected chi connectivity index (χ3v) is 2.83. The van der Waals surface area contributed by atoms with Gasteiger partial charge in [0.25, 0.3) is 5.56 Å². The van der Waals surface area contributed by atoms with Crippen LogP contribution in [0.2, 0.25) is 0 Å². The van der Waals surface area contributed by atoms with Crippen molar-refractivity contribution < 1.29 is 0 Å². The van der Waals surface area contributed by atoms with Crippen LogP contribution in [0.1, 0.15) is 30.9 Å². The van der Waals surface area contributed by atoms with Gasteiger partial charge in [0, 0.05) is 17.6 Å². The highest BCUT2D eigenvalue weighted by Crippen LogP contribution is 2.19. The summed E-state index contributed by atoms with van der Waals surface area (Å²) in [5.74, 6) is 0.484. The molecule has 1 aromatic heterocycles. The summed E-state index contributed by atoms with van der Waals surface area (Å²) in [5, 5.41) is 1.05. The number of hydrogen-bond acceptors (Lipinski definition) is 2. The van der Waals surface area contributed by atoms with Crippen molar-refractivity contribution in [3.8, 4) is 0 Å². The number of aromatic amines is 1. The van der Waals surface area contributed by atoms with E-state index in [1.807, 2.05) is 18.2 Å². The predicted octanol–water partition coefficient (Wildman–Crippen LogP) is 2.11. The summed E-state index contributed by atoms with van der Waals surface area (Å²) >= 11 is 0. The van der Waals surface area contributed by atoms with Crippen molar-refractivity contribution in [3.63, 3.8) is 0 Å². The third-order valence-electron chi connectivity index (χ3n) is 2.83. The summed E-state index contributed by atoms with van der Waals surface area (Å²) < 4.78 is 0. The lowest BCUT2D eigenvalue weighted by Crippen LogP contribution is -2.15. The van der Waals surface area contributed by atoms with Crippen molar-refractivity contribution in [2.24, 2.45) is 5.73 Å². The molecule has 0 aliphatic carbocycles. The fraction of sp³-hybridized carbons (Fsp3) is 0.308. The Balaban J connectivity index is 2.68. The van der Waals surface area contributed by atoms with Crippen LogP contribution in [-0.2, 0) is 6.54 Å². The van der Waals surface area contributed by atoms with Crippen LogP contribution in [0, 0.1) is 0 Å². The van der Waals surface area contributed by atoms with Crippen molar-refractivity contribution in [1.29, 1.82) is 0 Å². The summed E-state index contributed by atoms with van der Waals surface area (Å²) in [6, 6.07) is 7.98. The Morgan fingerprint density at radius 1 is 1.31 bits per heavy atom. The van der Waals surface area contributed by atoms with E-state index in [1.165, 1.54) is 5.56 Å². The highest BCUT2D eigenvalue weighted by Gasteiger charge is 2.04. The molecule has 0 spiro atoms. The molecular formula is C13H16N2O. The lowest BCUT2D eigenvalue weighted by molar-refractivity contribution is 0.868. The average Bonchev–Trinajstić information content (AvgIpc) is 2.27. The zero-order chi connectivity index (χ0) is 11.7. The molecule has 1 aromatic carbocycles. The maximum atomic E-state index is 11.5. The molecule has 0 fully saturated rings. The monoisotopic (exact) mass is 216 g/mol. The Bertz CT molecular complexity index is 570. The minimum atomic E-state index is -0.0905. The van der Waals surface area contributed by atoms with Crippen LogP contribution in [0.25, 0.3) is 10.9 Å². The first-order valence-corrected chi connectivity index (χ1v) is 5.47. The molecule has 3 N–H and O–H groups in total. The second-order valence-corrected chi connectivity index (χ2v) is 4.33. The van der Waals surface area contributed by atoms with Gasteiger partial charge in [-0.1, -0.05) is 19.9 Å². The Hall–Kier alpha value is -1.61. The first kappa shape index (κ1) is 10.9. The summed E-state index contributed by atoms with van der Waals surface area (Å²) in [5.41, 5.74) is 8.20. The maximum Gasteiger partial charge on any atom is 0.252 e. The second kappa shape index (κ2) is 4.10. The van der Waals surface area contributed by atoms with Gasteiger partial charge in [0.1, 0.15) is 0 Å². The van der Waals surface area contributed by atoms with E-state index in [-0.39, 0.29) is 12.1 Å². The van der Waals surface area contributed by atoms with Gasteiger partial charge in [-0.05, 0) is 35.1 Å². The van der Waals surface area contributed by atoms with Crippen molar-refractivity contribution in [3.05, 3.63) is 45.7 Å². The first-order valence-electron chi connectivity index (χ1n) is 5.47. The van der Waals surface area contributed by atoms with Crippen molar-refractivity contribution >= 4 is 10.9 Å². The Kier molecular flexibility index (Phi) is 2.79. The number of rotatable bonds is 2. The number of benzene rings is 1. The molecule has 84 valence electrons. The van der Waals surface area contributed by atoms with Crippen LogP contribution in [0.15, 0.2) is 29.1 Å². The molecule has 0 radical (unpaired) electrons. The van der Waals surface area contributed by atoms with Crippen LogP contribution in [0.3, 0.4) is 0 Å². The SMILES string of the molecule is CC(C)c1ccc2[nH]c(=O)c(CN)cc2c1. The van der Waals surface area contributed by atoms with Crippen LogP contribution in [0.5, 0.6) is 0 Å². The fourth-order valence-corrected chi connectivity index (χ4v) is 1.78. The molecule has 3 nitrogen and oxygen atoms in total. The fourth-order valence-electron chi connectivity index (χ4n) is 1.78. The molecule has 1 heterocycles. The first-order chi connectivity index (χ1) is 7.61. The summed E-state index contributed by atoms with van der Waals surface area (Å²) in [6.45, 7) is 4.57. The summed E-state index contributed by atoms with van der Waals surface area (Å²) in [7, 11) is 0. The maximum absolute atomic E-state index is 11.5. The van der Waals surface area contributed by atoms with Gasteiger partial charge in [0.05, 0.1) is 0 Å². The van der Waals surface area contributed by atoms with E-state index in [1.54, 1.807) is 0 Å². The van der Waals surface area contributed by atoms with E-state index < -0.39 is 0 Å².